The van der Waals surface area contributed by atoms with Crippen molar-refractivity contribution in [1.82, 2.24) is 15.5 Å². The molecular weight excluding hydrogens is 374 g/mol. The number of hydrogen-bond acceptors (Lipinski definition) is 5. The average Bonchev–Trinajstić information content (AvgIpc) is 3.07. The number of alkyl halides is 2. The lowest BCUT2D eigenvalue weighted by Crippen LogP contribution is -2.49. The maximum absolute atomic E-state index is 14.6. The van der Waals surface area contributed by atoms with Crippen molar-refractivity contribution >= 4 is 22.9 Å². The van der Waals surface area contributed by atoms with Crippen LogP contribution < -0.4 is 10.2 Å². The molecule has 0 unspecified atom stereocenters. The molecule has 2 fully saturated rings. The monoisotopic (exact) mass is 392 g/mol. The summed E-state index contributed by atoms with van der Waals surface area (Å²) in [6.07, 6.45) is 2.96. The van der Waals surface area contributed by atoms with E-state index in [1.807, 2.05) is 0 Å². The SMILES string of the molecule is O=C1N[C@H]([C@@H]2[C@@H]3COC[C@@H]32)CN2CC(F)(F)Cc3c(-c4cn[nH]c4)sc1c32. The maximum Gasteiger partial charge on any atom is 0.269 e. The van der Waals surface area contributed by atoms with Gasteiger partial charge < -0.3 is 15.0 Å². The Morgan fingerprint density at radius 1 is 1.30 bits per heavy atom. The highest BCUT2D eigenvalue weighted by Gasteiger charge is 2.59. The van der Waals surface area contributed by atoms with Crippen LogP contribution in [0.2, 0.25) is 0 Å². The van der Waals surface area contributed by atoms with Gasteiger partial charge in [-0.25, -0.2) is 8.78 Å². The molecule has 4 aliphatic rings. The summed E-state index contributed by atoms with van der Waals surface area (Å²) in [5.74, 6) is -1.71. The molecule has 6 nitrogen and oxygen atoms in total. The zero-order chi connectivity index (χ0) is 18.3. The minimum Gasteiger partial charge on any atom is -0.381 e. The molecular formula is C18H18F2N4O2S. The first-order chi connectivity index (χ1) is 13.0. The molecule has 27 heavy (non-hydrogen) atoms. The van der Waals surface area contributed by atoms with E-state index in [-0.39, 0.29) is 24.9 Å². The predicted molar refractivity (Wildman–Crippen MR) is 95.3 cm³/mol. The Morgan fingerprint density at radius 2 is 2.11 bits per heavy atom. The Balaban J connectivity index is 1.43. The number of anilines is 1. The molecule has 2 aromatic heterocycles. The third-order valence-corrected chi connectivity index (χ3v) is 7.61. The van der Waals surface area contributed by atoms with Crippen LogP contribution in [0, 0.1) is 17.8 Å². The number of aromatic amines is 1. The second-order valence-electron chi connectivity index (χ2n) is 8.01. The van der Waals surface area contributed by atoms with Gasteiger partial charge in [-0.3, -0.25) is 9.89 Å². The number of ether oxygens (including phenoxy) is 1. The summed E-state index contributed by atoms with van der Waals surface area (Å²) >= 11 is 1.29. The van der Waals surface area contributed by atoms with E-state index >= 15 is 0 Å². The van der Waals surface area contributed by atoms with Gasteiger partial charge in [0.15, 0.2) is 0 Å². The average molecular weight is 392 g/mol. The van der Waals surface area contributed by atoms with E-state index in [0.717, 1.165) is 18.8 Å². The molecule has 0 aromatic carbocycles. The number of nitrogens with one attached hydrogen (secondary N) is 2. The van der Waals surface area contributed by atoms with Gasteiger partial charge in [0.05, 0.1) is 37.7 Å². The minimum absolute atomic E-state index is 0.102. The molecule has 1 saturated carbocycles. The van der Waals surface area contributed by atoms with E-state index in [9.17, 15) is 13.6 Å². The van der Waals surface area contributed by atoms with E-state index in [1.165, 1.54) is 11.3 Å². The van der Waals surface area contributed by atoms with Crippen molar-refractivity contribution in [1.29, 1.82) is 0 Å². The van der Waals surface area contributed by atoms with Crippen molar-refractivity contribution in [2.24, 2.45) is 17.8 Å². The summed E-state index contributed by atoms with van der Waals surface area (Å²) in [5.41, 5.74) is 2.02. The quantitative estimate of drug-likeness (QED) is 0.822. The largest absolute Gasteiger partial charge is 0.381 e. The first-order valence-electron chi connectivity index (χ1n) is 9.18. The van der Waals surface area contributed by atoms with E-state index in [2.05, 4.69) is 15.5 Å². The maximum atomic E-state index is 14.6. The molecule has 0 radical (unpaired) electrons. The number of amides is 1. The van der Waals surface area contributed by atoms with Crippen LogP contribution in [-0.4, -0.2) is 54.4 Å². The van der Waals surface area contributed by atoms with Crippen LogP contribution in [0.15, 0.2) is 12.4 Å². The number of hydrogen-bond donors (Lipinski definition) is 2. The second kappa shape index (κ2) is 5.29. The smallest absolute Gasteiger partial charge is 0.269 e. The van der Waals surface area contributed by atoms with Crippen LogP contribution in [0.3, 0.4) is 0 Å². The van der Waals surface area contributed by atoms with Crippen LogP contribution >= 0.6 is 11.3 Å². The van der Waals surface area contributed by atoms with E-state index in [0.29, 0.717) is 45.3 Å². The Labute approximate surface area is 157 Å². The molecule has 2 aromatic rings. The summed E-state index contributed by atoms with van der Waals surface area (Å²) in [6, 6.07) is -0.102. The summed E-state index contributed by atoms with van der Waals surface area (Å²) in [4.78, 5) is 16.0. The van der Waals surface area contributed by atoms with Gasteiger partial charge in [-0.05, 0) is 17.8 Å². The zero-order valence-corrected chi connectivity index (χ0v) is 15.2. The van der Waals surface area contributed by atoms with Crippen molar-refractivity contribution in [2.45, 2.75) is 18.4 Å². The number of aromatic nitrogens is 2. The van der Waals surface area contributed by atoms with Crippen molar-refractivity contribution in [3.05, 3.63) is 22.8 Å². The van der Waals surface area contributed by atoms with E-state index in [4.69, 9.17) is 4.74 Å². The number of halogens is 2. The Morgan fingerprint density at radius 3 is 2.85 bits per heavy atom. The van der Waals surface area contributed by atoms with Crippen molar-refractivity contribution in [3.63, 3.8) is 0 Å². The van der Waals surface area contributed by atoms with Gasteiger partial charge in [0.2, 0.25) is 0 Å². The molecule has 1 amide bonds. The molecule has 6 rings (SSSR count). The van der Waals surface area contributed by atoms with Crippen LogP contribution in [0.25, 0.3) is 10.4 Å². The van der Waals surface area contributed by atoms with E-state index in [1.54, 1.807) is 17.3 Å². The fraction of sp³-hybridized carbons (Fsp3) is 0.556. The molecule has 9 heteroatoms. The first-order valence-corrected chi connectivity index (χ1v) is 10.00. The molecule has 4 atom stereocenters. The van der Waals surface area contributed by atoms with Crippen LogP contribution in [-0.2, 0) is 11.2 Å². The third-order valence-electron chi connectivity index (χ3n) is 6.34. The number of H-pyrrole nitrogens is 1. The number of rotatable bonds is 2. The predicted octanol–water partition coefficient (Wildman–Crippen LogP) is 2.14. The van der Waals surface area contributed by atoms with Crippen LogP contribution in [0.5, 0.6) is 0 Å². The normalized spacial score (nSPS) is 33.3. The summed E-state index contributed by atoms with van der Waals surface area (Å²) in [7, 11) is 0. The second-order valence-corrected chi connectivity index (χ2v) is 9.03. The van der Waals surface area contributed by atoms with Gasteiger partial charge >= 0.3 is 0 Å². The van der Waals surface area contributed by atoms with Gasteiger partial charge in [-0.1, -0.05) is 0 Å². The molecule has 3 aliphatic heterocycles. The molecule has 0 bridgehead atoms. The summed E-state index contributed by atoms with van der Waals surface area (Å²) in [6.45, 7) is 1.53. The molecule has 1 aliphatic carbocycles. The van der Waals surface area contributed by atoms with Gasteiger partial charge in [0.1, 0.15) is 4.88 Å². The highest BCUT2D eigenvalue weighted by molar-refractivity contribution is 7.18. The molecule has 1 saturated heterocycles. The molecule has 0 spiro atoms. The number of thiophene rings is 1. The van der Waals surface area contributed by atoms with E-state index < -0.39 is 5.92 Å². The summed E-state index contributed by atoms with van der Waals surface area (Å²) < 4.78 is 34.6. The fourth-order valence-electron chi connectivity index (χ4n) is 5.16. The number of nitrogens with zero attached hydrogens (tertiary/aromatic N) is 2. The number of fused-ring (bicyclic) bond motifs is 1. The zero-order valence-electron chi connectivity index (χ0n) is 14.4. The number of carbonyl (C=O) groups excluding carboxylic acids is 1. The molecule has 5 heterocycles. The van der Waals surface area contributed by atoms with Crippen LogP contribution in [0.1, 0.15) is 15.2 Å². The summed E-state index contributed by atoms with van der Waals surface area (Å²) in [5, 5.41) is 9.80. The number of carbonyl (C=O) groups is 1. The molecule has 142 valence electrons. The third kappa shape index (κ3) is 2.30. The van der Waals surface area contributed by atoms with Crippen molar-refractivity contribution in [2.75, 3.05) is 31.2 Å². The van der Waals surface area contributed by atoms with Crippen molar-refractivity contribution < 1.29 is 18.3 Å². The minimum atomic E-state index is -2.82. The van der Waals surface area contributed by atoms with Gasteiger partial charge in [-0.2, -0.15) is 5.10 Å². The topological polar surface area (TPSA) is 70.2 Å². The highest BCUT2D eigenvalue weighted by atomic mass is 32.1. The lowest BCUT2D eigenvalue weighted by atomic mass is 9.97. The van der Waals surface area contributed by atoms with Crippen molar-refractivity contribution in [3.8, 4) is 10.4 Å². The lowest BCUT2D eigenvalue weighted by molar-refractivity contribution is 0.00523. The first kappa shape index (κ1) is 16.0. The van der Waals surface area contributed by atoms with Gasteiger partial charge in [0, 0.05) is 35.2 Å². The standard InChI is InChI=1S/C18H18F2N4O2S/c19-18(20)1-9-14-16(27-15(9)8-2-21-22-3-8)17(25)23-12(4-24(14)7-18)13-10-5-26-6-11(10)13/h2-3,10-13H,1,4-7H2,(H,21,22)(H,23,25)/t10-,11+,12-,13-/m0/s1. The Kier molecular flexibility index (Phi) is 3.13. The highest BCUT2D eigenvalue weighted by Crippen LogP contribution is 2.54. The molecule has 2 N–H and O–H groups in total. The van der Waals surface area contributed by atoms with Gasteiger partial charge in [0.25, 0.3) is 11.8 Å². The fourth-order valence-corrected chi connectivity index (χ4v) is 6.39. The Bertz CT molecular complexity index is 918. The Hall–Kier alpha value is -2.00. The van der Waals surface area contributed by atoms with Gasteiger partial charge in [-0.15, -0.1) is 11.3 Å². The van der Waals surface area contributed by atoms with Crippen LogP contribution in [0.4, 0.5) is 14.5 Å². The lowest BCUT2D eigenvalue weighted by Gasteiger charge is -2.36.